The van der Waals surface area contributed by atoms with Crippen molar-refractivity contribution in [2.45, 2.75) is 40.0 Å². The van der Waals surface area contributed by atoms with Crippen molar-refractivity contribution < 1.29 is 9.53 Å². The van der Waals surface area contributed by atoms with Crippen LogP contribution in [0.15, 0.2) is 24.3 Å². The zero-order chi connectivity index (χ0) is 11.5. The molecule has 0 fully saturated rings. The molecular formula is C13H22O2. The molecule has 0 aromatic carbocycles. The largest absolute Gasteiger partial charge is 0.465 e. The average Bonchev–Trinajstić information content (AvgIpc) is 2.20. The fraction of sp³-hybridized carbons (Fsp3) is 0.615. The molecule has 0 rings (SSSR count). The van der Waals surface area contributed by atoms with Gasteiger partial charge in [0.05, 0.1) is 13.0 Å². The van der Waals surface area contributed by atoms with Crippen LogP contribution in [0.3, 0.4) is 0 Å². The topological polar surface area (TPSA) is 26.3 Å². The van der Waals surface area contributed by atoms with Gasteiger partial charge >= 0.3 is 5.97 Å². The number of hydrogen-bond donors (Lipinski definition) is 0. The van der Waals surface area contributed by atoms with Crippen LogP contribution in [0.2, 0.25) is 0 Å². The van der Waals surface area contributed by atoms with Crippen molar-refractivity contribution >= 4 is 5.97 Å². The second-order valence-corrected chi connectivity index (χ2v) is 3.87. The summed E-state index contributed by atoms with van der Waals surface area (Å²) < 4.78 is 5.02. The molecule has 0 aliphatic rings. The van der Waals surface area contributed by atoms with Crippen molar-refractivity contribution in [2.75, 3.05) is 6.61 Å². The molecule has 0 aromatic rings. The average molecular weight is 210 g/mol. The van der Waals surface area contributed by atoms with Crippen molar-refractivity contribution in [2.24, 2.45) is 5.92 Å². The molecule has 0 radical (unpaired) electrons. The maximum absolute atomic E-state index is 11.1. The number of ether oxygens (including phenoxy) is 1. The summed E-state index contributed by atoms with van der Waals surface area (Å²) in [4.78, 5) is 11.1. The third kappa shape index (κ3) is 10.9. The van der Waals surface area contributed by atoms with E-state index < -0.39 is 0 Å². The number of hydrogen-bond acceptors (Lipinski definition) is 2. The number of rotatable bonds is 7. The molecule has 0 spiro atoms. The minimum atomic E-state index is -0.139. The third-order valence-corrected chi connectivity index (χ3v) is 1.70. The molecule has 15 heavy (non-hydrogen) atoms. The van der Waals surface area contributed by atoms with Gasteiger partial charge in [0.15, 0.2) is 0 Å². The number of carbonyl (C=O) groups excluding carboxylic acids is 1. The Kier molecular flexibility index (Phi) is 8.84. The monoisotopic (exact) mass is 210 g/mol. The Bertz CT molecular complexity index is 215. The first-order valence-corrected chi connectivity index (χ1v) is 5.62. The summed E-state index contributed by atoms with van der Waals surface area (Å²) in [5, 5.41) is 0. The SMILES string of the molecule is CC/C=C\C/C=C\CC(=O)OCC(C)C. The van der Waals surface area contributed by atoms with Crippen molar-refractivity contribution in [1.29, 1.82) is 0 Å². The Morgan fingerprint density at radius 3 is 2.47 bits per heavy atom. The zero-order valence-corrected chi connectivity index (χ0v) is 10.0. The van der Waals surface area contributed by atoms with Crippen molar-refractivity contribution in [3.8, 4) is 0 Å². The molecule has 0 aromatic heterocycles. The Morgan fingerprint density at radius 1 is 1.20 bits per heavy atom. The highest BCUT2D eigenvalue weighted by Gasteiger charge is 2.00. The van der Waals surface area contributed by atoms with Gasteiger partial charge in [-0.2, -0.15) is 0 Å². The van der Waals surface area contributed by atoms with Gasteiger partial charge in [0.2, 0.25) is 0 Å². The molecule has 2 nitrogen and oxygen atoms in total. The van der Waals surface area contributed by atoms with Gasteiger partial charge in [0, 0.05) is 0 Å². The van der Waals surface area contributed by atoms with E-state index in [2.05, 4.69) is 19.1 Å². The molecule has 0 saturated heterocycles. The lowest BCUT2D eigenvalue weighted by molar-refractivity contribution is -0.143. The maximum atomic E-state index is 11.1. The van der Waals surface area contributed by atoms with Gasteiger partial charge in [-0.05, 0) is 18.8 Å². The smallest absolute Gasteiger partial charge is 0.309 e. The standard InChI is InChI=1S/C13H22O2/c1-4-5-6-7-8-9-10-13(14)15-11-12(2)3/h5-6,8-9,12H,4,7,10-11H2,1-3H3/b6-5-,9-8-. The quantitative estimate of drug-likeness (QED) is 0.475. The lowest BCUT2D eigenvalue weighted by Gasteiger charge is -2.04. The van der Waals surface area contributed by atoms with E-state index in [4.69, 9.17) is 4.74 Å². The molecule has 0 amide bonds. The Labute approximate surface area is 93.0 Å². The fourth-order valence-electron chi connectivity index (χ4n) is 0.936. The highest BCUT2D eigenvalue weighted by atomic mass is 16.5. The van der Waals surface area contributed by atoms with Gasteiger partial charge in [-0.25, -0.2) is 0 Å². The second kappa shape index (κ2) is 9.50. The highest BCUT2D eigenvalue weighted by Crippen LogP contribution is 1.97. The fourth-order valence-corrected chi connectivity index (χ4v) is 0.936. The lowest BCUT2D eigenvalue weighted by Crippen LogP contribution is -2.08. The molecule has 0 atom stereocenters. The van der Waals surface area contributed by atoms with Gasteiger partial charge in [-0.3, -0.25) is 4.79 Å². The van der Waals surface area contributed by atoms with Gasteiger partial charge in [0.25, 0.3) is 0 Å². The molecule has 86 valence electrons. The van der Waals surface area contributed by atoms with Crippen LogP contribution in [0.4, 0.5) is 0 Å². The molecule has 0 bridgehead atoms. The summed E-state index contributed by atoms with van der Waals surface area (Å²) in [5.41, 5.74) is 0. The summed E-state index contributed by atoms with van der Waals surface area (Å²) in [5.74, 6) is 0.268. The Hall–Kier alpha value is -1.05. The maximum Gasteiger partial charge on any atom is 0.309 e. The number of allylic oxidation sites excluding steroid dienone is 3. The van der Waals surface area contributed by atoms with Crippen LogP contribution in [-0.4, -0.2) is 12.6 Å². The Morgan fingerprint density at radius 2 is 1.87 bits per heavy atom. The minimum Gasteiger partial charge on any atom is -0.465 e. The van der Waals surface area contributed by atoms with E-state index in [1.807, 2.05) is 26.0 Å². The minimum absolute atomic E-state index is 0.139. The molecule has 0 heterocycles. The highest BCUT2D eigenvalue weighted by molar-refractivity contribution is 5.71. The molecule has 0 aliphatic carbocycles. The van der Waals surface area contributed by atoms with E-state index in [1.165, 1.54) is 0 Å². The third-order valence-electron chi connectivity index (χ3n) is 1.70. The molecule has 0 aliphatic heterocycles. The van der Waals surface area contributed by atoms with E-state index in [0.717, 1.165) is 12.8 Å². The van der Waals surface area contributed by atoms with Crippen molar-refractivity contribution in [1.82, 2.24) is 0 Å². The second-order valence-electron chi connectivity index (χ2n) is 3.87. The van der Waals surface area contributed by atoms with E-state index >= 15 is 0 Å². The van der Waals surface area contributed by atoms with E-state index in [-0.39, 0.29) is 5.97 Å². The normalized spacial score (nSPS) is 11.7. The van der Waals surface area contributed by atoms with Crippen LogP contribution in [-0.2, 0) is 9.53 Å². The number of esters is 1. The van der Waals surface area contributed by atoms with E-state index in [1.54, 1.807) is 0 Å². The van der Waals surface area contributed by atoms with Crippen LogP contribution in [0.1, 0.15) is 40.0 Å². The molecule has 0 N–H and O–H groups in total. The van der Waals surface area contributed by atoms with Crippen LogP contribution in [0.25, 0.3) is 0 Å². The lowest BCUT2D eigenvalue weighted by atomic mass is 10.2. The van der Waals surface area contributed by atoms with Gasteiger partial charge < -0.3 is 4.74 Å². The van der Waals surface area contributed by atoms with Crippen LogP contribution in [0, 0.1) is 5.92 Å². The summed E-state index contributed by atoms with van der Waals surface area (Å²) in [6.45, 7) is 6.67. The van der Waals surface area contributed by atoms with Gasteiger partial charge in [-0.1, -0.05) is 45.1 Å². The molecule has 0 saturated carbocycles. The van der Waals surface area contributed by atoms with Crippen molar-refractivity contribution in [3.63, 3.8) is 0 Å². The van der Waals surface area contributed by atoms with Crippen molar-refractivity contribution in [3.05, 3.63) is 24.3 Å². The van der Waals surface area contributed by atoms with Crippen LogP contribution < -0.4 is 0 Å². The summed E-state index contributed by atoms with van der Waals surface area (Å²) >= 11 is 0. The number of carbonyl (C=O) groups is 1. The zero-order valence-electron chi connectivity index (χ0n) is 10.0. The van der Waals surface area contributed by atoms with E-state index in [0.29, 0.717) is 18.9 Å². The summed E-state index contributed by atoms with van der Waals surface area (Å²) in [7, 11) is 0. The molecule has 2 heteroatoms. The molecular weight excluding hydrogens is 188 g/mol. The summed E-state index contributed by atoms with van der Waals surface area (Å²) in [6.07, 6.45) is 10.4. The predicted octanol–water partition coefficient (Wildman–Crippen LogP) is 3.49. The first kappa shape index (κ1) is 13.9. The first-order chi connectivity index (χ1) is 7.16. The van der Waals surface area contributed by atoms with E-state index in [9.17, 15) is 4.79 Å². The molecule has 0 unspecified atom stereocenters. The summed E-state index contributed by atoms with van der Waals surface area (Å²) in [6, 6.07) is 0. The van der Waals surface area contributed by atoms with Gasteiger partial charge in [-0.15, -0.1) is 0 Å². The Balaban J connectivity index is 3.49. The van der Waals surface area contributed by atoms with Crippen LogP contribution >= 0.6 is 0 Å². The van der Waals surface area contributed by atoms with Gasteiger partial charge in [0.1, 0.15) is 0 Å². The predicted molar refractivity (Wildman–Crippen MR) is 63.6 cm³/mol. The van der Waals surface area contributed by atoms with Crippen LogP contribution in [0.5, 0.6) is 0 Å². The first-order valence-electron chi connectivity index (χ1n) is 5.62.